The van der Waals surface area contributed by atoms with Crippen LogP contribution in [0.4, 0.5) is 0 Å². The molecule has 1 aliphatic heterocycles. The van der Waals surface area contributed by atoms with E-state index in [4.69, 9.17) is 4.74 Å². The SMILES string of the molecule is CCCCCCCCC(CCCCC)C1OC1C. The van der Waals surface area contributed by atoms with Gasteiger partial charge in [-0.05, 0) is 25.7 Å². The molecule has 0 aromatic carbocycles. The van der Waals surface area contributed by atoms with Crippen LogP contribution in [0, 0.1) is 5.92 Å². The second kappa shape index (κ2) is 9.83. The molecule has 0 N–H and O–H groups in total. The Balaban J connectivity index is 2.05. The number of ether oxygens (including phenoxy) is 1. The van der Waals surface area contributed by atoms with Crippen molar-refractivity contribution in [2.45, 2.75) is 104 Å². The first-order chi connectivity index (χ1) is 8.79. The Morgan fingerprint density at radius 1 is 0.778 bits per heavy atom. The maximum atomic E-state index is 5.71. The normalized spacial score (nSPS) is 24.2. The summed E-state index contributed by atoms with van der Waals surface area (Å²) in [5, 5.41) is 0. The monoisotopic (exact) mass is 254 g/mol. The molecule has 0 aromatic heterocycles. The Morgan fingerprint density at radius 2 is 1.22 bits per heavy atom. The van der Waals surface area contributed by atoms with E-state index >= 15 is 0 Å². The first kappa shape index (κ1) is 16.0. The highest BCUT2D eigenvalue weighted by Crippen LogP contribution is 2.35. The van der Waals surface area contributed by atoms with Crippen LogP contribution in [0.25, 0.3) is 0 Å². The molecule has 0 saturated carbocycles. The summed E-state index contributed by atoms with van der Waals surface area (Å²) in [5.41, 5.74) is 0. The largest absolute Gasteiger partial charge is 0.370 e. The van der Waals surface area contributed by atoms with Crippen LogP contribution in [-0.2, 0) is 4.74 Å². The van der Waals surface area contributed by atoms with Crippen LogP contribution in [0.1, 0.15) is 91.4 Å². The molecule has 0 bridgehead atoms. The van der Waals surface area contributed by atoms with Crippen LogP contribution in [0.15, 0.2) is 0 Å². The molecule has 0 aliphatic carbocycles. The lowest BCUT2D eigenvalue weighted by Gasteiger charge is -2.14. The fraction of sp³-hybridized carbons (Fsp3) is 1.00. The Kier molecular flexibility index (Phi) is 8.75. The summed E-state index contributed by atoms with van der Waals surface area (Å²) < 4.78 is 5.71. The maximum Gasteiger partial charge on any atom is 0.0867 e. The summed E-state index contributed by atoms with van der Waals surface area (Å²) in [6.45, 7) is 6.81. The van der Waals surface area contributed by atoms with E-state index in [1.807, 2.05) is 0 Å². The van der Waals surface area contributed by atoms with Gasteiger partial charge in [-0.3, -0.25) is 0 Å². The van der Waals surface area contributed by atoms with Gasteiger partial charge in [0.05, 0.1) is 12.2 Å². The van der Waals surface area contributed by atoms with E-state index in [9.17, 15) is 0 Å². The summed E-state index contributed by atoms with van der Waals surface area (Å²) in [6.07, 6.45) is 16.6. The van der Waals surface area contributed by atoms with Crippen molar-refractivity contribution in [2.75, 3.05) is 0 Å². The van der Waals surface area contributed by atoms with Crippen molar-refractivity contribution >= 4 is 0 Å². The summed E-state index contributed by atoms with van der Waals surface area (Å²) in [4.78, 5) is 0. The highest BCUT2D eigenvalue weighted by molar-refractivity contribution is 4.87. The molecule has 0 amide bonds. The third kappa shape index (κ3) is 6.78. The topological polar surface area (TPSA) is 12.5 Å². The molecule has 1 aliphatic rings. The van der Waals surface area contributed by atoms with Crippen molar-refractivity contribution in [1.82, 2.24) is 0 Å². The summed E-state index contributed by atoms with van der Waals surface area (Å²) in [6, 6.07) is 0. The van der Waals surface area contributed by atoms with Crippen molar-refractivity contribution in [3.8, 4) is 0 Å². The highest BCUT2D eigenvalue weighted by Gasteiger charge is 2.40. The fourth-order valence-corrected chi connectivity index (χ4v) is 3.01. The lowest BCUT2D eigenvalue weighted by Crippen LogP contribution is -2.10. The van der Waals surface area contributed by atoms with E-state index in [0.29, 0.717) is 12.2 Å². The van der Waals surface area contributed by atoms with E-state index < -0.39 is 0 Å². The van der Waals surface area contributed by atoms with Crippen LogP contribution >= 0.6 is 0 Å². The molecule has 0 aromatic rings. The zero-order chi connectivity index (χ0) is 13.2. The van der Waals surface area contributed by atoms with Crippen LogP contribution < -0.4 is 0 Å². The van der Waals surface area contributed by atoms with Gasteiger partial charge in [-0.15, -0.1) is 0 Å². The molecule has 1 saturated heterocycles. The minimum Gasteiger partial charge on any atom is -0.370 e. The van der Waals surface area contributed by atoms with Gasteiger partial charge >= 0.3 is 0 Å². The standard InChI is InChI=1S/C17H34O/c1-4-6-8-9-10-12-14-16(13-11-7-5-2)17-15(3)18-17/h15-17H,4-14H2,1-3H3. The average molecular weight is 254 g/mol. The lowest BCUT2D eigenvalue weighted by atomic mass is 9.90. The number of rotatable bonds is 12. The predicted octanol–water partition coefficient (Wildman–Crippen LogP) is 5.72. The molecule has 0 spiro atoms. The first-order valence-corrected chi connectivity index (χ1v) is 8.45. The number of unbranched alkanes of at least 4 members (excludes halogenated alkanes) is 7. The molecule has 1 fully saturated rings. The molecule has 1 rings (SSSR count). The molecule has 1 heteroatoms. The van der Waals surface area contributed by atoms with Crippen LogP contribution in [0.2, 0.25) is 0 Å². The summed E-state index contributed by atoms with van der Waals surface area (Å²) in [5.74, 6) is 0.859. The van der Waals surface area contributed by atoms with E-state index in [2.05, 4.69) is 20.8 Å². The Labute approximate surface area is 115 Å². The molecule has 3 atom stereocenters. The summed E-state index contributed by atoms with van der Waals surface area (Å²) in [7, 11) is 0. The fourth-order valence-electron chi connectivity index (χ4n) is 3.01. The molecule has 1 heterocycles. The first-order valence-electron chi connectivity index (χ1n) is 8.45. The summed E-state index contributed by atoms with van der Waals surface area (Å²) >= 11 is 0. The molecule has 108 valence electrons. The number of hydrogen-bond donors (Lipinski definition) is 0. The third-order valence-corrected chi connectivity index (χ3v) is 4.33. The van der Waals surface area contributed by atoms with Gasteiger partial charge in [-0.1, -0.05) is 71.6 Å². The minimum absolute atomic E-state index is 0.553. The second-order valence-electron chi connectivity index (χ2n) is 6.12. The van der Waals surface area contributed by atoms with Crippen LogP contribution in [0.5, 0.6) is 0 Å². The molecule has 0 radical (unpaired) electrons. The molecular formula is C17H34O. The van der Waals surface area contributed by atoms with E-state index in [0.717, 1.165) is 5.92 Å². The Bertz CT molecular complexity index is 190. The predicted molar refractivity (Wildman–Crippen MR) is 80.0 cm³/mol. The zero-order valence-electron chi connectivity index (χ0n) is 12.9. The van der Waals surface area contributed by atoms with Crippen LogP contribution in [-0.4, -0.2) is 12.2 Å². The highest BCUT2D eigenvalue weighted by atomic mass is 16.6. The van der Waals surface area contributed by atoms with Crippen molar-refractivity contribution < 1.29 is 4.74 Å². The average Bonchev–Trinajstić information content (AvgIpc) is 3.08. The van der Waals surface area contributed by atoms with E-state index in [1.54, 1.807) is 0 Å². The van der Waals surface area contributed by atoms with Crippen molar-refractivity contribution in [3.63, 3.8) is 0 Å². The lowest BCUT2D eigenvalue weighted by molar-refractivity contribution is 0.285. The van der Waals surface area contributed by atoms with Crippen molar-refractivity contribution in [3.05, 3.63) is 0 Å². The van der Waals surface area contributed by atoms with Gasteiger partial charge in [0, 0.05) is 0 Å². The van der Waals surface area contributed by atoms with Gasteiger partial charge in [0.25, 0.3) is 0 Å². The van der Waals surface area contributed by atoms with Crippen molar-refractivity contribution in [2.24, 2.45) is 5.92 Å². The quantitative estimate of drug-likeness (QED) is 0.320. The van der Waals surface area contributed by atoms with Gasteiger partial charge < -0.3 is 4.74 Å². The molecule has 3 unspecified atom stereocenters. The van der Waals surface area contributed by atoms with Crippen LogP contribution in [0.3, 0.4) is 0 Å². The van der Waals surface area contributed by atoms with Gasteiger partial charge in [0.2, 0.25) is 0 Å². The van der Waals surface area contributed by atoms with E-state index in [-0.39, 0.29) is 0 Å². The Hall–Kier alpha value is -0.0400. The minimum atomic E-state index is 0.553. The zero-order valence-corrected chi connectivity index (χ0v) is 12.9. The number of hydrogen-bond acceptors (Lipinski definition) is 1. The van der Waals surface area contributed by atoms with Gasteiger partial charge in [0.1, 0.15) is 0 Å². The molecule has 18 heavy (non-hydrogen) atoms. The van der Waals surface area contributed by atoms with Gasteiger partial charge in [-0.25, -0.2) is 0 Å². The van der Waals surface area contributed by atoms with Gasteiger partial charge in [0.15, 0.2) is 0 Å². The smallest absolute Gasteiger partial charge is 0.0867 e. The number of epoxide rings is 1. The molecule has 1 nitrogen and oxygen atoms in total. The second-order valence-corrected chi connectivity index (χ2v) is 6.12. The Morgan fingerprint density at radius 3 is 1.78 bits per heavy atom. The van der Waals surface area contributed by atoms with E-state index in [1.165, 1.54) is 70.6 Å². The third-order valence-electron chi connectivity index (χ3n) is 4.33. The maximum absolute atomic E-state index is 5.71. The molecular weight excluding hydrogens is 220 g/mol. The van der Waals surface area contributed by atoms with Crippen molar-refractivity contribution in [1.29, 1.82) is 0 Å². The van der Waals surface area contributed by atoms with Gasteiger partial charge in [-0.2, -0.15) is 0 Å².